The molecule has 1 amide bonds. The van der Waals surface area contributed by atoms with Gasteiger partial charge in [-0.05, 0) is 12.5 Å². The molecule has 1 fully saturated rings. The van der Waals surface area contributed by atoms with Crippen LogP contribution in [0.2, 0.25) is 0 Å². The number of carbonyl (C=O) groups excluding carboxylic acids is 1. The maximum Gasteiger partial charge on any atom is 0.224 e. The van der Waals surface area contributed by atoms with E-state index in [9.17, 15) is 9.90 Å². The van der Waals surface area contributed by atoms with Crippen LogP contribution < -0.4 is 5.73 Å². The second-order valence-electron chi connectivity index (χ2n) is 5.79. The third-order valence-corrected chi connectivity index (χ3v) is 3.84. The fraction of sp³-hybridized carbons (Fsp3) is 0.562. The molecule has 0 aliphatic carbocycles. The zero-order valence-corrected chi connectivity index (χ0v) is 15.1. The Bertz CT molecular complexity index is 452. The number of nitrogens with two attached hydrogens (primary N) is 1. The highest BCUT2D eigenvalue weighted by molar-refractivity contribution is 5.85. The summed E-state index contributed by atoms with van der Waals surface area (Å²) in [5.41, 5.74) is 6.60. The van der Waals surface area contributed by atoms with Crippen LogP contribution >= 0.6 is 24.8 Å². The Hall–Kier alpha value is -0.850. The lowest BCUT2D eigenvalue weighted by Gasteiger charge is -2.36. The molecule has 2 atom stereocenters. The van der Waals surface area contributed by atoms with E-state index in [2.05, 4.69) is 4.90 Å². The SMILES string of the molecule is CC(N)CC(=O)N1CCN(CC(O)c2ccccc2)CC1.Cl.Cl. The van der Waals surface area contributed by atoms with Crippen molar-refractivity contribution in [1.29, 1.82) is 0 Å². The van der Waals surface area contributed by atoms with Gasteiger partial charge in [0.25, 0.3) is 0 Å². The monoisotopic (exact) mass is 363 g/mol. The van der Waals surface area contributed by atoms with Gasteiger partial charge in [-0.2, -0.15) is 0 Å². The molecule has 5 nitrogen and oxygen atoms in total. The molecule has 1 saturated heterocycles. The second kappa shape index (κ2) is 10.8. The number of hydrogen-bond donors (Lipinski definition) is 2. The number of carbonyl (C=O) groups is 1. The first-order chi connectivity index (χ1) is 10.1. The van der Waals surface area contributed by atoms with E-state index < -0.39 is 6.10 Å². The highest BCUT2D eigenvalue weighted by Gasteiger charge is 2.23. The molecule has 0 saturated carbocycles. The normalized spacial score (nSPS) is 17.6. The van der Waals surface area contributed by atoms with Crippen molar-refractivity contribution in [3.63, 3.8) is 0 Å². The Morgan fingerprint density at radius 3 is 2.26 bits per heavy atom. The molecule has 7 heteroatoms. The third kappa shape index (κ3) is 7.06. The minimum absolute atomic E-state index is 0. The molecule has 0 radical (unpaired) electrons. The molecule has 1 aromatic rings. The van der Waals surface area contributed by atoms with Crippen molar-refractivity contribution < 1.29 is 9.90 Å². The van der Waals surface area contributed by atoms with Crippen molar-refractivity contribution in [2.75, 3.05) is 32.7 Å². The van der Waals surface area contributed by atoms with Crippen molar-refractivity contribution >= 4 is 30.7 Å². The first-order valence-corrected chi connectivity index (χ1v) is 7.55. The van der Waals surface area contributed by atoms with Gasteiger partial charge >= 0.3 is 0 Å². The van der Waals surface area contributed by atoms with Crippen LogP contribution in [0.15, 0.2) is 30.3 Å². The smallest absolute Gasteiger partial charge is 0.224 e. The van der Waals surface area contributed by atoms with Crippen LogP contribution in [0.4, 0.5) is 0 Å². The van der Waals surface area contributed by atoms with Crippen molar-refractivity contribution in [1.82, 2.24) is 9.80 Å². The van der Waals surface area contributed by atoms with Gasteiger partial charge in [-0.25, -0.2) is 0 Å². The van der Waals surface area contributed by atoms with Crippen LogP contribution in [0.3, 0.4) is 0 Å². The highest BCUT2D eigenvalue weighted by atomic mass is 35.5. The average Bonchev–Trinajstić information content (AvgIpc) is 2.48. The summed E-state index contributed by atoms with van der Waals surface area (Å²) in [5, 5.41) is 10.2. The van der Waals surface area contributed by atoms with Crippen LogP contribution in [0.25, 0.3) is 0 Å². The number of rotatable bonds is 5. The van der Waals surface area contributed by atoms with Crippen molar-refractivity contribution in [2.24, 2.45) is 5.73 Å². The molecular formula is C16H27Cl2N3O2. The highest BCUT2D eigenvalue weighted by Crippen LogP contribution is 2.15. The van der Waals surface area contributed by atoms with E-state index >= 15 is 0 Å². The lowest BCUT2D eigenvalue weighted by Crippen LogP contribution is -2.50. The maximum absolute atomic E-state index is 11.9. The Morgan fingerprint density at radius 2 is 1.74 bits per heavy atom. The number of aliphatic hydroxyl groups excluding tert-OH is 1. The molecule has 3 N–H and O–H groups in total. The fourth-order valence-corrected chi connectivity index (χ4v) is 2.61. The van der Waals surface area contributed by atoms with E-state index in [1.807, 2.05) is 42.2 Å². The number of piperazine rings is 1. The number of β-amino-alcohol motifs (C(OH)–C–C–N with tert-alkyl or cyclic N) is 1. The van der Waals surface area contributed by atoms with Gasteiger partial charge in [0.2, 0.25) is 5.91 Å². The van der Waals surface area contributed by atoms with Crippen LogP contribution in [-0.2, 0) is 4.79 Å². The molecule has 23 heavy (non-hydrogen) atoms. The van der Waals surface area contributed by atoms with Crippen molar-refractivity contribution in [2.45, 2.75) is 25.5 Å². The number of amides is 1. The zero-order valence-electron chi connectivity index (χ0n) is 13.4. The Kier molecular flexibility index (Phi) is 10.4. The Balaban J connectivity index is 0.00000242. The summed E-state index contributed by atoms with van der Waals surface area (Å²) in [6, 6.07) is 9.60. The summed E-state index contributed by atoms with van der Waals surface area (Å²) in [7, 11) is 0. The molecule has 2 rings (SSSR count). The van der Waals surface area contributed by atoms with Gasteiger partial charge in [0.15, 0.2) is 0 Å². The number of halogens is 2. The van der Waals surface area contributed by atoms with Gasteiger partial charge in [-0.3, -0.25) is 9.69 Å². The summed E-state index contributed by atoms with van der Waals surface area (Å²) >= 11 is 0. The first kappa shape index (κ1) is 22.1. The lowest BCUT2D eigenvalue weighted by atomic mass is 10.1. The fourth-order valence-electron chi connectivity index (χ4n) is 2.61. The van der Waals surface area contributed by atoms with Gasteiger partial charge in [0.1, 0.15) is 0 Å². The summed E-state index contributed by atoms with van der Waals surface area (Å²) in [6.45, 7) is 5.49. The van der Waals surface area contributed by atoms with E-state index in [0.717, 1.165) is 18.7 Å². The molecule has 1 aliphatic heterocycles. The number of nitrogens with zero attached hydrogens (tertiary/aromatic N) is 2. The topological polar surface area (TPSA) is 69.8 Å². The van der Waals surface area contributed by atoms with E-state index in [0.29, 0.717) is 26.1 Å². The maximum atomic E-state index is 11.9. The number of benzene rings is 1. The standard InChI is InChI=1S/C16H25N3O2.2ClH/c1-13(17)11-16(21)19-9-7-18(8-10-19)12-15(20)14-5-3-2-4-6-14;;/h2-6,13,15,20H,7-12,17H2,1H3;2*1H. The quantitative estimate of drug-likeness (QED) is 0.830. The molecule has 2 unspecified atom stereocenters. The molecule has 0 spiro atoms. The Labute approximate surface area is 150 Å². The molecule has 1 aromatic carbocycles. The largest absolute Gasteiger partial charge is 0.387 e. The average molecular weight is 364 g/mol. The van der Waals surface area contributed by atoms with Gasteiger partial charge in [-0.1, -0.05) is 30.3 Å². The molecule has 0 bridgehead atoms. The van der Waals surface area contributed by atoms with Crippen LogP contribution in [0, 0.1) is 0 Å². The molecule has 132 valence electrons. The van der Waals surface area contributed by atoms with Crippen molar-refractivity contribution in [3.05, 3.63) is 35.9 Å². The Morgan fingerprint density at radius 1 is 1.17 bits per heavy atom. The predicted octanol–water partition coefficient (Wildman–Crippen LogP) is 1.45. The van der Waals surface area contributed by atoms with Crippen LogP contribution in [-0.4, -0.2) is 59.6 Å². The number of aliphatic hydroxyl groups is 1. The second-order valence-corrected chi connectivity index (χ2v) is 5.79. The minimum atomic E-state index is -0.475. The van der Waals surface area contributed by atoms with Gasteiger partial charge in [-0.15, -0.1) is 24.8 Å². The molecule has 1 heterocycles. The van der Waals surface area contributed by atoms with Crippen LogP contribution in [0.1, 0.15) is 25.0 Å². The van der Waals surface area contributed by atoms with Gasteiger partial charge < -0.3 is 15.7 Å². The third-order valence-electron chi connectivity index (χ3n) is 3.84. The van der Waals surface area contributed by atoms with E-state index in [-0.39, 0.29) is 36.8 Å². The van der Waals surface area contributed by atoms with Crippen LogP contribution in [0.5, 0.6) is 0 Å². The molecular weight excluding hydrogens is 337 g/mol. The van der Waals surface area contributed by atoms with Crippen molar-refractivity contribution in [3.8, 4) is 0 Å². The minimum Gasteiger partial charge on any atom is -0.387 e. The zero-order chi connectivity index (χ0) is 15.2. The lowest BCUT2D eigenvalue weighted by molar-refractivity contribution is -0.133. The summed E-state index contributed by atoms with van der Waals surface area (Å²) < 4.78 is 0. The first-order valence-electron chi connectivity index (χ1n) is 7.55. The summed E-state index contributed by atoms with van der Waals surface area (Å²) in [6.07, 6.45) is -0.0652. The van der Waals surface area contributed by atoms with E-state index in [1.54, 1.807) is 0 Å². The number of hydrogen-bond acceptors (Lipinski definition) is 4. The summed E-state index contributed by atoms with van der Waals surface area (Å²) in [4.78, 5) is 16.0. The molecule has 1 aliphatic rings. The van der Waals surface area contributed by atoms with Gasteiger partial charge in [0.05, 0.1) is 6.10 Å². The van der Waals surface area contributed by atoms with E-state index in [1.165, 1.54) is 0 Å². The predicted molar refractivity (Wildman–Crippen MR) is 97.2 cm³/mol. The van der Waals surface area contributed by atoms with Gasteiger partial charge in [0, 0.05) is 45.2 Å². The molecule has 0 aromatic heterocycles. The summed E-state index contributed by atoms with van der Waals surface area (Å²) in [5.74, 6) is 0.133. The van der Waals surface area contributed by atoms with E-state index in [4.69, 9.17) is 5.73 Å².